The van der Waals surface area contributed by atoms with Crippen LogP contribution in [0.4, 0.5) is 5.69 Å². The van der Waals surface area contributed by atoms with Crippen LogP contribution in [0.15, 0.2) is 59.7 Å². The smallest absolute Gasteiger partial charge is 0.144 e. The highest BCUT2D eigenvalue weighted by atomic mass is 35.5. The monoisotopic (exact) mass is 358 g/mol. The number of ether oxygens (including phenoxy) is 1. The summed E-state index contributed by atoms with van der Waals surface area (Å²) in [7, 11) is 1.61. The Hall–Kier alpha value is -2.23. The lowest BCUT2D eigenvalue weighted by molar-refractivity contribution is 0.416. The lowest BCUT2D eigenvalue weighted by Gasteiger charge is -2.08. The van der Waals surface area contributed by atoms with E-state index in [0.717, 1.165) is 22.0 Å². The van der Waals surface area contributed by atoms with Crippen LogP contribution in [0, 0.1) is 6.92 Å². The first-order chi connectivity index (χ1) is 11.6. The number of aromatic nitrogens is 1. The van der Waals surface area contributed by atoms with Crippen LogP contribution in [0.1, 0.15) is 11.3 Å². The predicted molar refractivity (Wildman–Crippen MR) is 101 cm³/mol. The number of benzene rings is 2. The van der Waals surface area contributed by atoms with Gasteiger partial charge in [0.2, 0.25) is 0 Å². The van der Waals surface area contributed by atoms with Crippen molar-refractivity contribution in [3.05, 3.63) is 76.0 Å². The SMILES string of the molecule is COc1ccc(Cl)cc1N=Cc1cccn1-c1ccc(C)c(Cl)c1. The van der Waals surface area contributed by atoms with Gasteiger partial charge in [0, 0.05) is 21.9 Å². The molecule has 0 bridgehead atoms. The van der Waals surface area contributed by atoms with Crippen molar-refractivity contribution in [2.24, 2.45) is 4.99 Å². The van der Waals surface area contributed by atoms with Gasteiger partial charge in [0.05, 0.1) is 19.0 Å². The molecule has 2 aromatic carbocycles. The summed E-state index contributed by atoms with van der Waals surface area (Å²) in [5.74, 6) is 0.673. The third-order valence-corrected chi connectivity index (χ3v) is 4.33. The van der Waals surface area contributed by atoms with E-state index in [4.69, 9.17) is 27.9 Å². The number of hydrogen-bond acceptors (Lipinski definition) is 2. The quantitative estimate of drug-likeness (QED) is 0.537. The molecule has 0 aliphatic heterocycles. The number of halogens is 2. The summed E-state index contributed by atoms with van der Waals surface area (Å²) in [5.41, 5.74) is 3.64. The topological polar surface area (TPSA) is 26.5 Å². The minimum absolute atomic E-state index is 0.614. The van der Waals surface area contributed by atoms with Crippen molar-refractivity contribution in [3.8, 4) is 11.4 Å². The second-order valence-corrected chi connectivity index (χ2v) is 6.15. The summed E-state index contributed by atoms with van der Waals surface area (Å²) < 4.78 is 7.34. The molecule has 3 aromatic rings. The van der Waals surface area contributed by atoms with Gasteiger partial charge in [-0.25, -0.2) is 0 Å². The van der Waals surface area contributed by atoms with E-state index in [2.05, 4.69) is 4.99 Å². The zero-order valence-electron chi connectivity index (χ0n) is 13.3. The highest BCUT2D eigenvalue weighted by Crippen LogP contribution is 2.30. The Morgan fingerprint density at radius 1 is 1.08 bits per heavy atom. The first-order valence-corrected chi connectivity index (χ1v) is 8.15. The van der Waals surface area contributed by atoms with Crippen molar-refractivity contribution in [3.63, 3.8) is 0 Å². The van der Waals surface area contributed by atoms with Gasteiger partial charge >= 0.3 is 0 Å². The maximum absolute atomic E-state index is 6.23. The Balaban J connectivity index is 1.96. The number of hydrogen-bond donors (Lipinski definition) is 0. The van der Waals surface area contributed by atoms with Crippen LogP contribution < -0.4 is 4.74 Å². The van der Waals surface area contributed by atoms with Crippen LogP contribution >= 0.6 is 23.2 Å². The van der Waals surface area contributed by atoms with Gasteiger partial charge in [0.1, 0.15) is 11.4 Å². The number of nitrogens with zero attached hydrogens (tertiary/aromatic N) is 2. The number of aryl methyl sites for hydroxylation is 1. The van der Waals surface area contributed by atoms with Gasteiger partial charge in [-0.2, -0.15) is 0 Å². The molecule has 5 heteroatoms. The molecule has 122 valence electrons. The third-order valence-electron chi connectivity index (χ3n) is 3.69. The van der Waals surface area contributed by atoms with E-state index in [0.29, 0.717) is 16.5 Å². The van der Waals surface area contributed by atoms with Crippen LogP contribution in [0.3, 0.4) is 0 Å². The Morgan fingerprint density at radius 3 is 2.67 bits per heavy atom. The largest absolute Gasteiger partial charge is 0.494 e. The van der Waals surface area contributed by atoms with Gasteiger partial charge < -0.3 is 9.30 Å². The summed E-state index contributed by atoms with van der Waals surface area (Å²) in [6.45, 7) is 1.98. The lowest BCUT2D eigenvalue weighted by Crippen LogP contribution is -1.98. The molecule has 0 radical (unpaired) electrons. The Morgan fingerprint density at radius 2 is 1.92 bits per heavy atom. The molecule has 0 saturated carbocycles. The zero-order valence-corrected chi connectivity index (χ0v) is 14.8. The fraction of sp³-hybridized carbons (Fsp3) is 0.105. The Bertz CT molecular complexity index is 900. The molecule has 1 aromatic heterocycles. The summed E-state index contributed by atoms with van der Waals surface area (Å²) in [6.07, 6.45) is 3.75. The summed E-state index contributed by atoms with van der Waals surface area (Å²) in [4.78, 5) is 4.52. The van der Waals surface area contributed by atoms with E-state index < -0.39 is 0 Å². The highest BCUT2D eigenvalue weighted by Gasteiger charge is 2.05. The first kappa shape index (κ1) is 16.6. The van der Waals surface area contributed by atoms with Crippen molar-refractivity contribution >= 4 is 35.1 Å². The van der Waals surface area contributed by atoms with Gasteiger partial charge in [0.15, 0.2) is 0 Å². The second-order valence-electron chi connectivity index (χ2n) is 5.31. The van der Waals surface area contributed by atoms with Crippen LogP contribution in [-0.4, -0.2) is 17.9 Å². The molecule has 0 unspecified atom stereocenters. The molecular weight excluding hydrogens is 343 g/mol. The molecule has 0 atom stereocenters. The Labute approximate surface area is 151 Å². The van der Waals surface area contributed by atoms with E-state index in [1.54, 1.807) is 31.5 Å². The predicted octanol–water partition coefficient (Wildman–Crippen LogP) is 5.85. The van der Waals surface area contributed by atoms with E-state index >= 15 is 0 Å². The molecular formula is C19H16Cl2N2O. The number of aliphatic imine (C=N–C) groups is 1. The lowest BCUT2D eigenvalue weighted by atomic mass is 10.2. The molecule has 0 N–H and O–H groups in total. The van der Waals surface area contributed by atoms with Crippen molar-refractivity contribution < 1.29 is 4.74 Å². The highest BCUT2D eigenvalue weighted by molar-refractivity contribution is 6.31. The molecule has 3 rings (SSSR count). The summed E-state index contributed by atoms with van der Waals surface area (Å²) >= 11 is 12.3. The fourth-order valence-corrected chi connectivity index (χ4v) is 2.71. The van der Waals surface area contributed by atoms with Gasteiger partial charge in [-0.1, -0.05) is 29.3 Å². The maximum Gasteiger partial charge on any atom is 0.144 e. The van der Waals surface area contributed by atoms with E-state index in [-0.39, 0.29) is 0 Å². The van der Waals surface area contributed by atoms with Gasteiger partial charge in [0.25, 0.3) is 0 Å². The maximum atomic E-state index is 6.23. The van der Waals surface area contributed by atoms with Gasteiger partial charge in [-0.15, -0.1) is 0 Å². The molecule has 0 amide bonds. The fourth-order valence-electron chi connectivity index (χ4n) is 2.37. The van der Waals surface area contributed by atoms with E-state index in [1.807, 2.05) is 48.0 Å². The molecule has 24 heavy (non-hydrogen) atoms. The molecule has 0 spiro atoms. The van der Waals surface area contributed by atoms with E-state index in [1.165, 1.54) is 0 Å². The standard InChI is InChI=1S/C19H16Cl2N2O/c1-13-5-7-15(11-17(13)21)23-9-3-4-16(23)12-22-18-10-14(20)6-8-19(18)24-2/h3-12H,1-2H3. The summed E-state index contributed by atoms with van der Waals surface area (Å²) in [5, 5.41) is 1.35. The average Bonchev–Trinajstić information content (AvgIpc) is 3.04. The van der Waals surface area contributed by atoms with Gasteiger partial charge in [-0.05, 0) is 55.0 Å². The van der Waals surface area contributed by atoms with Crippen LogP contribution in [0.5, 0.6) is 5.75 Å². The number of rotatable bonds is 4. The van der Waals surface area contributed by atoms with Crippen molar-refractivity contribution in [2.45, 2.75) is 6.92 Å². The third kappa shape index (κ3) is 3.48. The summed E-state index contributed by atoms with van der Waals surface area (Å²) in [6, 6.07) is 15.3. The molecule has 1 heterocycles. The van der Waals surface area contributed by atoms with Crippen molar-refractivity contribution in [1.29, 1.82) is 0 Å². The molecule has 0 saturated heterocycles. The van der Waals surface area contributed by atoms with Crippen molar-refractivity contribution in [1.82, 2.24) is 4.57 Å². The number of methoxy groups -OCH3 is 1. The minimum atomic E-state index is 0.614. The van der Waals surface area contributed by atoms with Crippen LogP contribution in [0.25, 0.3) is 5.69 Å². The first-order valence-electron chi connectivity index (χ1n) is 7.40. The molecule has 0 aliphatic rings. The Kier molecular flexibility index (Phi) is 4.93. The van der Waals surface area contributed by atoms with Crippen molar-refractivity contribution in [2.75, 3.05) is 7.11 Å². The molecule has 0 aliphatic carbocycles. The average molecular weight is 359 g/mol. The second kappa shape index (κ2) is 7.12. The molecule has 0 fully saturated rings. The van der Waals surface area contributed by atoms with Gasteiger partial charge in [-0.3, -0.25) is 4.99 Å². The normalized spacial score (nSPS) is 11.2. The molecule has 3 nitrogen and oxygen atoms in total. The minimum Gasteiger partial charge on any atom is -0.494 e. The van der Waals surface area contributed by atoms with E-state index in [9.17, 15) is 0 Å². The van der Waals surface area contributed by atoms with Crippen LogP contribution in [-0.2, 0) is 0 Å². The zero-order chi connectivity index (χ0) is 17.1. The van der Waals surface area contributed by atoms with Crippen LogP contribution in [0.2, 0.25) is 10.0 Å².